The summed E-state index contributed by atoms with van der Waals surface area (Å²) < 4.78 is 5.72. The molecule has 2 aliphatic heterocycles. The van der Waals surface area contributed by atoms with Gasteiger partial charge >= 0.3 is 0 Å². The van der Waals surface area contributed by atoms with Gasteiger partial charge in [-0.2, -0.15) is 0 Å². The summed E-state index contributed by atoms with van der Waals surface area (Å²) in [6.45, 7) is 3.86. The summed E-state index contributed by atoms with van der Waals surface area (Å²) >= 11 is 0. The number of fused-ring (bicyclic) bond motifs is 1. The molecule has 3 atom stereocenters. The number of para-hydroxylation sites is 1. The Morgan fingerprint density at radius 2 is 2.10 bits per heavy atom. The molecule has 0 radical (unpaired) electrons. The van der Waals surface area contributed by atoms with Gasteiger partial charge in [-0.05, 0) is 63.1 Å². The highest BCUT2D eigenvalue weighted by atomic mass is 16.5. The van der Waals surface area contributed by atoms with Gasteiger partial charge in [0.2, 0.25) is 0 Å². The maximum Gasteiger partial charge on any atom is 0.122 e. The lowest BCUT2D eigenvalue weighted by Gasteiger charge is -2.35. The standard InChI is InChI=1S/C18H27NO2/c1-18(20,13-15-6-4-5-10-19-15)12-14-9-11-21-17-8-3-2-7-16(14)17/h2-3,7-8,14-15,19-20H,4-6,9-13H2,1H3. The fraction of sp³-hybridized carbons (Fsp3) is 0.667. The second-order valence-corrected chi connectivity index (χ2v) is 6.92. The molecule has 1 aromatic rings. The smallest absolute Gasteiger partial charge is 0.122 e. The molecular formula is C18H27NO2. The van der Waals surface area contributed by atoms with E-state index in [1.165, 1.54) is 24.8 Å². The first-order valence-corrected chi connectivity index (χ1v) is 8.31. The predicted octanol–water partition coefficient (Wildman–Crippen LogP) is 3.23. The van der Waals surface area contributed by atoms with Crippen LogP contribution < -0.4 is 10.1 Å². The van der Waals surface area contributed by atoms with Crippen LogP contribution in [0.5, 0.6) is 5.75 Å². The van der Waals surface area contributed by atoms with Gasteiger partial charge in [0.05, 0.1) is 12.2 Å². The number of nitrogens with one attached hydrogen (secondary N) is 1. The van der Waals surface area contributed by atoms with Crippen LogP contribution in [0.15, 0.2) is 24.3 Å². The van der Waals surface area contributed by atoms with Gasteiger partial charge in [-0.25, -0.2) is 0 Å². The van der Waals surface area contributed by atoms with Crippen LogP contribution in [0.4, 0.5) is 0 Å². The van der Waals surface area contributed by atoms with Gasteiger partial charge in [-0.3, -0.25) is 0 Å². The van der Waals surface area contributed by atoms with Crippen molar-refractivity contribution in [3.05, 3.63) is 29.8 Å². The molecule has 1 fully saturated rings. The molecule has 0 amide bonds. The monoisotopic (exact) mass is 289 g/mol. The van der Waals surface area contributed by atoms with Gasteiger partial charge in [0.1, 0.15) is 5.75 Å². The van der Waals surface area contributed by atoms with E-state index >= 15 is 0 Å². The van der Waals surface area contributed by atoms with Crippen molar-refractivity contribution in [3.8, 4) is 5.75 Å². The summed E-state index contributed by atoms with van der Waals surface area (Å²) in [6, 6.07) is 8.75. The molecule has 0 bridgehead atoms. The maximum absolute atomic E-state index is 10.9. The SMILES string of the molecule is CC(O)(CC1CCCCN1)CC1CCOc2ccccc21. The van der Waals surface area contributed by atoms with Crippen molar-refractivity contribution in [1.29, 1.82) is 0 Å². The third-order valence-electron chi connectivity index (χ3n) is 4.87. The van der Waals surface area contributed by atoms with E-state index in [-0.39, 0.29) is 0 Å². The molecular weight excluding hydrogens is 262 g/mol. The van der Waals surface area contributed by atoms with Crippen LogP contribution in [0.25, 0.3) is 0 Å². The molecule has 3 unspecified atom stereocenters. The van der Waals surface area contributed by atoms with E-state index in [1.807, 2.05) is 19.1 Å². The number of benzene rings is 1. The van der Waals surface area contributed by atoms with Gasteiger partial charge < -0.3 is 15.2 Å². The van der Waals surface area contributed by atoms with E-state index in [4.69, 9.17) is 4.74 Å². The molecule has 3 heteroatoms. The minimum atomic E-state index is -0.607. The summed E-state index contributed by atoms with van der Waals surface area (Å²) in [7, 11) is 0. The van der Waals surface area contributed by atoms with Crippen molar-refractivity contribution >= 4 is 0 Å². The van der Waals surface area contributed by atoms with Gasteiger partial charge in [0.15, 0.2) is 0 Å². The summed E-state index contributed by atoms with van der Waals surface area (Å²) in [6.07, 6.45) is 6.43. The summed E-state index contributed by atoms with van der Waals surface area (Å²) in [4.78, 5) is 0. The number of piperidine rings is 1. The number of rotatable bonds is 4. The molecule has 0 aromatic heterocycles. The van der Waals surface area contributed by atoms with Crippen LogP contribution in [0.3, 0.4) is 0 Å². The first kappa shape index (κ1) is 14.9. The summed E-state index contributed by atoms with van der Waals surface area (Å²) in [5.74, 6) is 1.41. The average Bonchev–Trinajstić information content (AvgIpc) is 2.48. The molecule has 0 aliphatic carbocycles. The highest BCUT2D eigenvalue weighted by molar-refractivity contribution is 5.37. The quantitative estimate of drug-likeness (QED) is 0.894. The molecule has 21 heavy (non-hydrogen) atoms. The Morgan fingerprint density at radius 1 is 1.24 bits per heavy atom. The first-order chi connectivity index (χ1) is 10.1. The molecule has 3 nitrogen and oxygen atoms in total. The van der Waals surface area contributed by atoms with Crippen LogP contribution in [-0.2, 0) is 0 Å². The second-order valence-electron chi connectivity index (χ2n) is 6.92. The summed E-state index contributed by atoms with van der Waals surface area (Å²) in [5.41, 5.74) is 0.657. The third kappa shape index (κ3) is 3.78. The van der Waals surface area contributed by atoms with Crippen molar-refractivity contribution in [2.45, 2.75) is 63.0 Å². The molecule has 116 valence electrons. The average molecular weight is 289 g/mol. The Labute approximate surface area is 127 Å². The third-order valence-corrected chi connectivity index (χ3v) is 4.87. The van der Waals surface area contributed by atoms with Gasteiger partial charge in [0.25, 0.3) is 0 Å². The molecule has 2 aliphatic rings. The van der Waals surface area contributed by atoms with Crippen molar-refractivity contribution in [2.75, 3.05) is 13.2 Å². The highest BCUT2D eigenvalue weighted by Crippen LogP contribution is 2.39. The molecule has 1 aromatic carbocycles. The van der Waals surface area contributed by atoms with Crippen LogP contribution >= 0.6 is 0 Å². The second kappa shape index (κ2) is 6.37. The number of hydrogen-bond donors (Lipinski definition) is 2. The predicted molar refractivity (Wildman–Crippen MR) is 84.8 cm³/mol. The zero-order chi connectivity index (χ0) is 14.7. The fourth-order valence-electron chi connectivity index (χ4n) is 3.87. The maximum atomic E-state index is 10.9. The lowest BCUT2D eigenvalue weighted by atomic mass is 9.80. The highest BCUT2D eigenvalue weighted by Gasteiger charge is 2.32. The van der Waals surface area contributed by atoms with Crippen LogP contribution in [0, 0.1) is 0 Å². The van der Waals surface area contributed by atoms with Crippen molar-refractivity contribution in [3.63, 3.8) is 0 Å². The molecule has 0 spiro atoms. The largest absolute Gasteiger partial charge is 0.493 e. The van der Waals surface area contributed by atoms with E-state index in [2.05, 4.69) is 17.4 Å². The topological polar surface area (TPSA) is 41.5 Å². The molecule has 2 heterocycles. The Hall–Kier alpha value is -1.06. The minimum absolute atomic E-state index is 0.411. The van der Waals surface area contributed by atoms with Gasteiger partial charge in [0, 0.05) is 6.04 Å². The van der Waals surface area contributed by atoms with Crippen LogP contribution in [-0.4, -0.2) is 29.9 Å². The summed E-state index contributed by atoms with van der Waals surface area (Å²) in [5, 5.41) is 14.4. The number of hydrogen-bond acceptors (Lipinski definition) is 3. The van der Waals surface area contributed by atoms with Crippen molar-refractivity contribution in [2.24, 2.45) is 0 Å². The van der Waals surface area contributed by atoms with E-state index in [0.29, 0.717) is 12.0 Å². The normalized spacial score (nSPS) is 28.3. The van der Waals surface area contributed by atoms with Crippen molar-refractivity contribution < 1.29 is 9.84 Å². The number of aliphatic hydroxyl groups is 1. The van der Waals surface area contributed by atoms with E-state index in [0.717, 1.165) is 38.2 Å². The lowest BCUT2D eigenvalue weighted by Crippen LogP contribution is -2.41. The van der Waals surface area contributed by atoms with E-state index in [9.17, 15) is 5.11 Å². The Bertz CT molecular complexity index is 466. The zero-order valence-corrected chi connectivity index (χ0v) is 13.0. The van der Waals surface area contributed by atoms with E-state index in [1.54, 1.807) is 0 Å². The van der Waals surface area contributed by atoms with Crippen LogP contribution in [0.2, 0.25) is 0 Å². The van der Waals surface area contributed by atoms with Crippen molar-refractivity contribution in [1.82, 2.24) is 5.32 Å². The Balaban J connectivity index is 1.65. The molecule has 2 N–H and O–H groups in total. The lowest BCUT2D eigenvalue weighted by molar-refractivity contribution is 0.0181. The van der Waals surface area contributed by atoms with Crippen LogP contribution in [0.1, 0.15) is 56.9 Å². The first-order valence-electron chi connectivity index (χ1n) is 8.31. The van der Waals surface area contributed by atoms with E-state index < -0.39 is 5.60 Å². The molecule has 0 saturated carbocycles. The van der Waals surface area contributed by atoms with Gasteiger partial charge in [-0.1, -0.05) is 24.6 Å². The minimum Gasteiger partial charge on any atom is -0.493 e. The molecule has 3 rings (SSSR count). The Morgan fingerprint density at radius 3 is 2.90 bits per heavy atom. The molecule has 1 saturated heterocycles. The Kier molecular flexibility index (Phi) is 4.51. The number of ether oxygens (including phenoxy) is 1. The zero-order valence-electron chi connectivity index (χ0n) is 13.0. The van der Waals surface area contributed by atoms with Gasteiger partial charge in [-0.15, -0.1) is 0 Å². The fourth-order valence-corrected chi connectivity index (χ4v) is 3.87.